The van der Waals surface area contributed by atoms with Crippen molar-refractivity contribution in [3.05, 3.63) is 59.2 Å². The van der Waals surface area contributed by atoms with Gasteiger partial charge in [-0.2, -0.15) is 0 Å². The minimum atomic E-state index is -0.709. The van der Waals surface area contributed by atoms with E-state index in [0.29, 0.717) is 23.4 Å². The Bertz CT molecular complexity index is 922. The van der Waals surface area contributed by atoms with Crippen LogP contribution in [0.5, 0.6) is 5.75 Å². The van der Waals surface area contributed by atoms with Gasteiger partial charge in [0.25, 0.3) is 5.91 Å². The zero-order valence-electron chi connectivity index (χ0n) is 14.3. The number of ether oxygens (including phenoxy) is 1. The monoisotopic (exact) mass is 350 g/mol. The highest BCUT2D eigenvalue weighted by atomic mass is 16.5. The van der Waals surface area contributed by atoms with E-state index in [-0.39, 0.29) is 24.2 Å². The lowest BCUT2D eigenvalue weighted by Gasteiger charge is -2.24. The average molecular weight is 350 g/mol. The van der Waals surface area contributed by atoms with Gasteiger partial charge in [0.2, 0.25) is 5.91 Å². The number of hydrogen-bond donors (Lipinski definition) is 1. The molecule has 0 fully saturated rings. The van der Waals surface area contributed by atoms with Crippen LogP contribution in [0.1, 0.15) is 33.2 Å². The van der Waals surface area contributed by atoms with Crippen LogP contribution >= 0.6 is 0 Å². The zero-order chi connectivity index (χ0) is 18.3. The Balaban J connectivity index is 1.51. The summed E-state index contributed by atoms with van der Waals surface area (Å²) in [7, 11) is 0. The zero-order valence-corrected chi connectivity index (χ0v) is 14.3. The fraction of sp³-hybridized carbons (Fsp3) is 0.250. The molecule has 0 spiro atoms. The van der Waals surface area contributed by atoms with Crippen LogP contribution in [-0.2, 0) is 11.2 Å². The molecule has 0 bridgehead atoms. The second kappa shape index (κ2) is 6.29. The van der Waals surface area contributed by atoms with E-state index in [4.69, 9.17) is 4.74 Å². The second-order valence-corrected chi connectivity index (χ2v) is 6.46. The Morgan fingerprint density at radius 1 is 1.19 bits per heavy atom. The molecule has 0 unspecified atom stereocenters. The smallest absolute Gasteiger partial charge is 0.251 e. The summed E-state index contributed by atoms with van der Waals surface area (Å²) >= 11 is 0. The molecule has 2 aromatic carbocycles. The summed E-state index contributed by atoms with van der Waals surface area (Å²) in [6, 6.07) is 11.6. The second-order valence-electron chi connectivity index (χ2n) is 6.46. The van der Waals surface area contributed by atoms with Crippen molar-refractivity contribution in [1.29, 1.82) is 0 Å². The summed E-state index contributed by atoms with van der Waals surface area (Å²) < 4.78 is 5.58. The van der Waals surface area contributed by atoms with Crippen LogP contribution in [0.4, 0.5) is 5.69 Å². The summed E-state index contributed by atoms with van der Waals surface area (Å²) in [6.07, 6.45) is 0.717. The molecule has 2 aliphatic rings. The number of hydrogen-bond acceptors (Lipinski definition) is 4. The molecule has 2 amide bonds. The van der Waals surface area contributed by atoms with Gasteiger partial charge in [0.15, 0.2) is 5.78 Å². The van der Waals surface area contributed by atoms with Crippen LogP contribution in [0, 0.1) is 0 Å². The number of nitrogens with zero attached hydrogens (tertiary/aromatic N) is 1. The maximum Gasteiger partial charge on any atom is 0.251 e. The number of nitrogens with one attached hydrogen (secondary N) is 1. The standard InChI is InChI=1S/C20H18N2O4/c1-12(23)22-9-8-13-10-14(6-7-17(13)22)20(25)21-16-11-26-18-5-3-2-4-15(18)19(16)24/h2-7,10,16H,8-9,11H2,1H3,(H,21,25)/t16-/m0/s1. The molecule has 0 saturated heterocycles. The number of anilines is 1. The van der Waals surface area contributed by atoms with E-state index in [9.17, 15) is 14.4 Å². The van der Waals surface area contributed by atoms with E-state index >= 15 is 0 Å². The number of carbonyl (C=O) groups excluding carboxylic acids is 3. The lowest BCUT2D eigenvalue weighted by atomic mass is 10.0. The van der Waals surface area contributed by atoms with Gasteiger partial charge in [-0.25, -0.2) is 0 Å². The van der Waals surface area contributed by atoms with Gasteiger partial charge in [0.05, 0.1) is 5.56 Å². The van der Waals surface area contributed by atoms with Gasteiger partial charge in [-0.3, -0.25) is 14.4 Å². The van der Waals surface area contributed by atoms with E-state index in [1.807, 2.05) is 0 Å². The molecule has 4 rings (SSSR count). The third-order valence-corrected chi connectivity index (χ3v) is 4.80. The Labute approximate surface area is 150 Å². The number of para-hydroxylation sites is 1. The van der Waals surface area contributed by atoms with E-state index in [0.717, 1.165) is 17.7 Å². The van der Waals surface area contributed by atoms with Gasteiger partial charge in [0, 0.05) is 24.7 Å². The molecule has 0 aliphatic carbocycles. The fourth-order valence-electron chi connectivity index (χ4n) is 3.45. The third kappa shape index (κ3) is 2.73. The molecule has 6 heteroatoms. The molecule has 0 saturated carbocycles. The first kappa shape index (κ1) is 16.3. The third-order valence-electron chi connectivity index (χ3n) is 4.80. The molecule has 6 nitrogen and oxygen atoms in total. The van der Waals surface area contributed by atoms with Crippen molar-refractivity contribution < 1.29 is 19.1 Å². The number of ketones is 1. The number of rotatable bonds is 2. The van der Waals surface area contributed by atoms with Crippen molar-refractivity contribution in [3.63, 3.8) is 0 Å². The predicted octanol–water partition coefficient (Wildman–Crippen LogP) is 1.97. The molecule has 0 radical (unpaired) electrons. The summed E-state index contributed by atoms with van der Waals surface area (Å²) in [5.41, 5.74) is 2.76. The van der Waals surface area contributed by atoms with Crippen molar-refractivity contribution in [2.24, 2.45) is 0 Å². The number of Topliss-reactive ketones (excluding diaryl/α,β-unsaturated/α-hetero) is 1. The van der Waals surface area contributed by atoms with Gasteiger partial charge in [-0.15, -0.1) is 0 Å². The van der Waals surface area contributed by atoms with Crippen molar-refractivity contribution >= 4 is 23.3 Å². The summed E-state index contributed by atoms with van der Waals surface area (Å²) in [5.74, 6) is 0.0638. The Kier molecular flexibility index (Phi) is 3.95. The Hall–Kier alpha value is -3.15. The molecule has 2 aromatic rings. The number of carbonyl (C=O) groups is 3. The van der Waals surface area contributed by atoms with Crippen LogP contribution in [0.25, 0.3) is 0 Å². The first-order valence-corrected chi connectivity index (χ1v) is 8.52. The predicted molar refractivity (Wildman–Crippen MR) is 95.7 cm³/mol. The number of amides is 2. The van der Waals surface area contributed by atoms with Gasteiger partial charge in [-0.05, 0) is 42.3 Å². The molecule has 1 atom stereocenters. The highest BCUT2D eigenvalue weighted by molar-refractivity contribution is 6.07. The molecule has 26 heavy (non-hydrogen) atoms. The largest absolute Gasteiger partial charge is 0.490 e. The van der Waals surface area contributed by atoms with Crippen LogP contribution < -0.4 is 15.0 Å². The summed E-state index contributed by atoms with van der Waals surface area (Å²) in [5, 5.41) is 2.76. The van der Waals surface area contributed by atoms with Crippen molar-refractivity contribution in [2.75, 3.05) is 18.1 Å². The van der Waals surface area contributed by atoms with Gasteiger partial charge in [-0.1, -0.05) is 12.1 Å². The van der Waals surface area contributed by atoms with Crippen LogP contribution in [0.2, 0.25) is 0 Å². The minimum absolute atomic E-state index is 0.00966. The molecule has 2 heterocycles. The summed E-state index contributed by atoms with van der Waals surface area (Å²) in [4.78, 5) is 38.5. The maximum absolute atomic E-state index is 12.6. The number of fused-ring (bicyclic) bond motifs is 2. The molecule has 0 aromatic heterocycles. The van der Waals surface area contributed by atoms with E-state index < -0.39 is 6.04 Å². The van der Waals surface area contributed by atoms with Crippen molar-refractivity contribution in [3.8, 4) is 5.75 Å². The van der Waals surface area contributed by atoms with Gasteiger partial charge >= 0.3 is 0 Å². The summed E-state index contributed by atoms with van der Waals surface area (Å²) in [6.45, 7) is 2.27. The SMILES string of the molecule is CC(=O)N1CCc2cc(C(=O)N[C@H]3COc4ccccc4C3=O)ccc21. The lowest BCUT2D eigenvalue weighted by molar-refractivity contribution is -0.116. The van der Waals surface area contributed by atoms with E-state index in [1.54, 1.807) is 47.4 Å². The van der Waals surface area contributed by atoms with E-state index in [1.165, 1.54) is 6.92 Å². The first-order valence-electron chi connectivity index (χ1n) is 8.52. The molecule has 2 aliphatic heterocycles. The van der Waals surface area contributed by atoms with E-state index in [2.05, 4.69) is 5.32 Å². The first-order chi connectivity index (χ1) is 12.5. The molecule has 1 N–H and O–H groups in total. The van der Waals surface area contributed by atoms with Crippen molar-refractivity contribution in [2.45, 2.75) is 19.4 Å². The quantitative estimate of drug-likeness (QED) is 0.898. The van der Waals surface area contributed by atoms with Gasteiger partial charge in [0.1, 0.15) is 18.4 Å². The topological polar surface area (TPSA) is 75.7 Å². The fourth-order valence-corrected chi connectivity index (χ4v) is 3.45. The highest BCUT2D eigenvalue weighted by Gasteiger charge is 2.30. The Morgan fingerprint density at radius 3 is 2.81 bits per heavy atom. The van der Waals surface area contributed by atoms with Gasteiger partial charge < -0.3 is 15.0 Å². The lowest BCUT2D eigenvalue weighted by Crippen LogP contribution is -2.47. The maximum atomic E-state index is 12.6. The minimum Gasteiger partial charge on any atom is -0.490 e. The Morgan fingerprint density at radius 2 is 2.00 bits per heavy atom. The van der Waals surface area contributed by atoms with Crippen molar-refractivity contribution in [1.82, 2.24) is 5.32 Å². The molecular formula is C20H18N2O4. The van der Waals surface area contributed by atoms with Crippen LogP contribution in [0.3, 0.4) is 0 Å². The highest BCUT2D eigenvalue weighted by Crippen LogP contribution is 2.29. The normalized spacial score (nSPS) is 18.0. The number of benzene rings is 2. The molecule has 132 valence electrons. The average Bonchev–Trinajstić information content (AvgIpc) is 3.07. The van der Waals surface area contributed by atoms with Crippen LogP contribution in [0.15, 0.2) is 42.5 Å². The molecular weight excluding hydrogens is 332 g/mol. The van der Waals surface area contributed by atoms with Crippen LogP contribution in [-0.4, -0.2) is 36.8 Å².